The summed E-state index contributed by atoms with van der Waals surface area (Å²) in [6, 6.07) is 10.6. The van der Waals surface area contributed by atoms with Crippen molar-refractivity contribution in [2.24, 2.45) is 11.3 Å². The van der Waals surface area contributed by atoms with E-state index >= 15 is 0 Å². The van der Waals surface area contributed by atoms with Gasteiger partial charge in [-0.25, -0.2) is 0 Å². The van der Waals surface area contributed by atoms with E-state index in [0.29, 0.717) is 11.7 Å². The van der Waals surface area contributed by atoms with Crippen LogP contribution in [0.25, 0.3) is 0 Å². The summed E-state index contributed by atoms with van der Waals surface area (Å²) in [4.78, 5) is 12.6. The van der Waals surface area contributed by atoms with E-state index < -0.39 is 0 Å². The summed E-state index contributed by atoms with van der Waals surface area (Å²) in [6.45, 7) is 6.14. The van der Waals surface area contributed by atoms with Gasteiger partial charge >= 0.3 is 0 Å². The molecule has 1 aliphatic rings. The van der Waals surface area contributed by atoms with Crippen LogP contribution in [0.15, 0.2) is 30.3 Å². The Morgan fingerprint density at radius 1 is 1.06 bits per heavy atom. The minimum Gasteiger partial charge on any atom is -0.299 e. The number of ketones is 1. The van der Waals surface area contributed by atoms with Crippen molar-refractivity contribution in [3.63, 3.8) is 0 Å². The molecule has 0 radical (unpaired) electrons. The van der Waals surface area contributed by atoms with Crippen LogP contribution in [-0.4, -0.2) is 5.78 Å². The van der Waals surface area contributed by atoms with Gasteiger partial charge in [-0.1, -0.05) is 63.9 Å². The number of carbonyl (C=O) groups excluding carboxylic acids is 1. The zero-order valence-corrected chi connectivity index (χ0v) is 11.8. The first-order valence-electron chi connectivity index (χ1n) is 7.09. The van der Waals surface area contributed by atoms with Gasteiger partial charge in [-0.3, -0.25) is 4.79 Å². The minimum absolute atomic E-state index is 0.213. The Kier molecular flexibility index (Phi) is 3.89. The first-order chi connectivity index (χ1) is 8.50. The zero-order chi connectivity index (χ0) is 13.2. The largest absolute Gasteiger partial charge is 0.299 e. The van der Waals surface area contributed by atoms with Crippen LogP contribution in [0, 0.1) is 11.3 Å². The predicted molar refractivity (Wildman–Crippen MR) is 75.6 cm³/mol. The summed E-state index contributed by atoms with van der Waals surface area (Å²) in [7, 11) is 0. The van der Waals surface area contributed by atoms with Crippen LogP contribution >= 0.6 is 0 Å². The van der Waals surface area contributed by atoms with E-state index in [4.69, 9.17) is 0 Å². The molecular weight excluding hydrogens is 220 g/mol. The highest BCUT2D eigenvalue weighted by atomic mass is 16.1. The molecule has 1 nitrogen and oxygen atoms in total. The molecule has 1 fully saturated rings. The molecule has 98 valence electrons. The molecule has 0 N–H and O–H groups in total. The Hall–Kier alpha value is -1.11. The monoisotopic (exact) mass is 244 g/mol. The normalized spacial score (nSPS) is 24.8. The molecule has 0 heterocycles. The van der Waals surface area contributed by atoms with Crippen molar-refractivity contribution in [3.8, 4) is 0 Å². The van der Waals surface area contributed by atoms with Crippen LogP contribution in [0.2, 0.25) is 0 Å². The molecule has 2 rings (SSSR count). The quantitative estimate of drug-likeness (QED) is 0.744. The summed E-state index contributed by atoms with van der Waals surface area (Å²) >= 11 is 0. The Labute approximate surface area is 111 Å². The lowest BCUT2D eigenvalue weighted by Crippen LogP contribution is -2.34. The van der Waals surface area contributed by atoms with Crippen molar-refractivity contribution >= 4 is 5.78 Å². The van der Waals surface area contributed by atoms with Crippen molar-refractivity contribution < 1.29 is 4.79 Å². The highest BCUT2D eigenvalue weighted by Gasteiger charge is 2.36. The fourth-order valence-electron chi connectivity index (χ4n) is 3.10. The second-order valence-corrected chi connectivity index (χ2v) is 6.52. The molecule has 0 aliphatic heterocycles. The van der Waals surface area contributed by atoms with E-state index in [1.807, 2.05) is 26.8 Å². The van der Waals surface area contributed by atoms with Gasteiger partial charge in [0, 0.05) is 11.3 Å². The Balaban J connectivity index is 2.24. The average molecular weight is 244 g/mol. The van der Waals surface area contributed by atoms with Crippen molar-refractivity contribution in [1.29, 1.82) is 0 Å². The van der Waals surface area contributed by atoms with Crippen LogP contribution in [0.5, 0.6) is 0 Å². The number of hydrogen-bond donors (Lipinski definition) is 0. The van der Waals surface area contributed by atoms with Crippen LogP contribution in [-0.2, 0) is 4.79 Å². The highest BCUT2D eigenvalue weighted by Crippen LogP contribution is 2.41. The van der Waals surface area contributed by atoms with Crippen LogP contribution < -0.4 is 0 Å². The van der Waals surface area contributed by atoms with Gasteiger partial charge < -0.3 is 0 Å². The molecule has 0 spiro atoms. The van der Waals surface area contributed by atoms with Gasteiger partial charge in [0.25, 0.3) is 0 Å². The van der Waals surface area contributed by atoms with Gasteiger partial charge in [0.2, 0.25) is 0 Å². The highest BCUT2D eigenvalue weighted by molar-refractivity contribution is 5.86. The minimum atomic E-state index is -0.213. The topological polar surface area (TPSA) is 17.1 Å². The van der Waals surface area contributed by atoms with Crippen molar-refractivity contribution in [2.45, 2.75) is 52.4 Å². The third-order valence-electron chi connectivity index (χ3n) is 4.07. The van der Waals surface area contributed by atoms with Gasteiger partial charge in [0.05, 0.1) is 0 Å². The summed E-state index contributed by atoms with van der Waals surface area (Å²) in [5.41, 5.74) is 1.13. The SMILES string of the molecule is CC(C)(C)C(=O)C1CCCCC1c1ccccc1. The number of hydrogen-bond acceptors (Lipinski definition) is 1. The summed E-state index contributed by atoms with van der Waals surface area (Å²) in [6.07, 6.45) is 4.69. The maximum Gasteiger partial charge on any atom is 0.141 e. The second kappa shape index (κ2) is 5.26. The smallest absolute Gasteiger partial charge is 0.141 e. The maximum absolute atomic E-state index is 12.6. The molecule has 1 aromatic carbocycles. The van der Waals surface area contributed by atoms with E-state index in [1.54, 1.807) is 0 Å². The molecule has 1 heteroatoms. The maximum atomic E-state index is 12.6. The molecule has 1 saturated carbocycles. The van der Waals surface area contributed by atoms with Crippen molar-refractivity contribution in [3.05, 3.63) is 35.9 Å². The lowest BCUT2D eigenvalue weighted by molar-refractivity contribution is -0.132. The Bertz CT molecular complexity index is 399. The number of carbonyl (C=O) groups is 1. The third-order valence-corrected chi connectivity index (χ3v) is 4.07. The summed E-state index contributed by atoms with van der Waals surface area (Å²) in [5.74, 6) is 1.10. The lowest BCUT2D eigenvalue weighted by atomic mass is 9.68. The molecule has 2 atom stereocenters. The first kappa shape index (κ1) is 13.3. The summed E-state index contributed by atoms with van der Waals surface area (Å²) < 4.78 is 0. The second-order valence-electron chi connectivity index (χ2n) is 6.52. The van der Waals surface area contributed by atoms with Gasteiger partial charge in [-0.05, 0) is 24.3 Å². The molecule has 0 bridgehead atoms. The molecule has 1 aromatic rings. The molecule has 0 saturated heterocycles. The lowest BCUT2D eigenvalue weighted by Gasteiger charge is -2.34. The van der Waals surface area contributed by atoms with E-state index in [0.717, 1.165) is 12.8 Å². The van der Waals surface area contributed by atoms with Crippen LogP contribution in [0.1, 0.15) is 57.9 Å². The fourth-order valence-corrected chi connectivity index (χ4v) is 3.10. The molecule has 2 unspecified atom stereocenters. The van der Waals surface area contributed by atoms with E-state index in [-0.39, 0.29) is 11.3 Å². The molecular formula is C17H24O. The third kappa shape index (κ3) is 2.82. The van der Waals surface area contributed by atoms with Crippen LogP contribution in [0.3, 0.4) is 0 Å². The number of benzene rings is 1. The van der Waals surface area contributed by atoms with E-state index in [9.17, 15) is 4.79 Å². The van der Waals surface area contributed by atoms with Gasteiger partial charge in [0.1, 0.15) is 5.78 Å². The van der Waals surface area contributed by atoms with Crippen molar-refractivity contribution in [1.82, 2.24) is 0 Å². The van der Waals surface area contributed by atoms with Gasteiger partial charge in [0.15, 0.2) is 0 Å². The van der Waals surface area contributed by atoms with Gasteiger partial charge in [-0.15, -0.1) is 0 Å². The van der Waals surface area contributed by atoms with Crippen molar-refractivity contribution in [2.75, 3.05) is 0 Å². The molecule has 1 aliphatic carbocycles. The first-order valence-corrected chi connectivity index (χ1v) is 7.09. The van der Waals surface area contributed by atoms with E-state index in [1.165, 1.54) is 18.4 Å². The van der Waals surface area contributed by atoms with Gasteiger partial charge in [-0.2, -0.15) is 0 Å². The van der Waals surface area contributed by atoms with E-state index in [2.05, 4.69) is 24.3 Å². The predicted octanol–water partition coefficient (Wildman–Crippen LogP) is 4.58. The fraction of sp³-hybridized carbons (Fsp3) is 0.588. The Morgan fingerprint density at radius 2 is 1.67 bits per heavy atom. The number of rotatable bonds is 2. The number of Topliss-reactive ketones (excluding diaryl/α,β-unsaturated/α-hetero) is 1. The average Bonchev–Trinajstić information content (AvgIpc) is 2.38. The zero-order valence-electron chi connectivity index (χ0n) is 11.8. The standard InChI is InChI=1S/C17H24O/c1-17(2,3)16(18)15-12-8-7-11-14(15)13-9-5-4-6-10-13/h4-6,9-10,14-15H,7-8,11-12H2,1-3H3. The molecule has 0 aromatic heterocycles. The molecule has 18 heavy (non-hydrogen) atoms. The molecule has 0 amide bonds. The summed E-state index contributed by atoms with van der Waals surface area (Å²) in [5, 5.41) is 0. The Morgan fingerprint density at radius 3 is 2.28 bits per heavy atom. The van der Waals surface area contributed by atoms with Crippen LogP contribution in [0.4, 0.5) is 0 Å².